The lowest BCUT2D eigenvalue weighted by molar-refractivity contribution is 0.0950. The number of amides is 1. The zero-order chi connectivity index (χ0) is 13.0. The van der Waals surface area contributed by atoms with Crippen LogP contribution < -0.4 is 5.32 Å². The number of aryl methyl sites for hydroxylation is 1. The Balaban J connectivity index is 2.04. The highest BCUT2D eigenvalue weighted by molar-refractivity contribution is 5.94. The molecule has 1 amide bonds. The summed E-state index contributed by atoms with van der Waals surface area (Å²) in [5.74, 6) is 0.0606. The van der Waals surface area contributed by atoms with Crippen LogP contribution in [0, 0.1) is 6.92 Å². The monoisotopic (exact) mass is 241 g/mol. The smallest absolute Gasteiger partial charge is 0.251 e. The summed E-state index contributed by atoms with van der Waals surface area (Å²) >= 11 is 0. The predicted molar refractivity (Wildman–Crippen MR) is 70.5 cm³/mol. The molecule has 92 valence electrons. The molecule has 0 unspecified atom stereocenters. The lowest BCUT2D eigenvalue weighted by Crippen LogP contribution is -2.22. The lowest BCUT2D eigenvalue weighted by atomic mass is 10.1. The van der Waals surface area contributed by atoms with E-state index in [1.807, 2.05) is 37.3 Å². The maximum Gasteiger partial charge on any atom is 0.251 e. The number of hydrogen-bond acceptors (Lipinski definition) is 2. The largest absolute Gasteiger partial charge is 0.508 e. The minimum absolute atomic E-state index is 0.142. The fourth-order valence-corrected chi connectivity index (χ4v) is 1.72. The first kappa shape index (κ1) is 12.2. The first-order valence-electron chi connectivity index (χ1n) is 5.78. The van der Waals surface area contributed by atoms with Crippen LogP contribution in [0.25, 0.3) is 0 Å². The van der Waals surface area contributed by atoms with E-state index < -0.39 is 0 Å². The highest BCUT2D eigenvalue weighted by Gasteiger charge is 2.06. The van der Waals surface area contributed by atoms with Gasteiger partial charge in [-0.2, -0.15) is 0 Å². The first-order valence-corrected chi connectivity index (χ1v) is 5.78. The van der Waals surface area contributed by atoms with Crippen LogP contribution in [0.15, 0.2) is 48.5 Å². The molecule has 0 atom stereocenters. The van der Waals surface area contributed by atoms with Gasteiger partial charge in [0.1, 0.15) is 5.75 Å². The average molecular weight is 241 g/mol. The van der Waals surface area contributed by atoms with Crippen molar-refractivity contribution < 1.29 is 9.90 Å². The van der Waals surface area contributed by atoms with Crippen LogP contribution in [0.5, 0.6) is 5.75 Å². The molecule has 0 heterocycles. The summed E-state index contributed by atoms with van der Waals surface area (Å²) in [5, 5.41) is 12.5. The van der Waals surface area contributed by atoms with Gasteiger partial charge in [0.05, 0.1) is 0 Å². The van der Waals surface area contributed by atoms with Crippen LogP contribution in [-0.2, 0) is 6.54 Å². The van der Waals surface area contributed by atoms with E-state index >= 15 is 0 Å². The van der Waals surface area contributed by atoms with Crippen LogP contribution in [-0.4, -0.2) is 11.0 Å². The summed E-state index contributed by atoms with van der Waals surface area (Å²) in [7, 11) is 0. The fourth-order valence-electron chi connectivity index (χ4n) is 1.72. The molecule has 2 aromatic rings. The van der Waals surface area contributed by atoms with Gasteiger partial charge in [-0.05, 0) is 25.1 Å². The van der Waals surface area contributed by atoms with Gasteiger partial charge in [-0.3, -0.25) is 4.79 Å². The molecule has 0 aliphatic rings. The molecule has 0 aromatic heterocycles. The number of rotatable bonds is 3. The molecule has 0 aliphatic heterocycles. The zero-order valence-corrected chi connectivity index (χ0v) is 10.2. The molecule has 0 aliphatic carbocycles. The summed E-state index contributed by atoms with van der Waals surface area (Å²) in [4.78, 5) is 11.8. The van der Waals surface area contributed by atoms with Gasteiger partial charge in [-0.15, -0.1) is 0 Å². The van der Waals surface area contributed by atoms with E-state index in [0.717, 1.165) is 11.1 Å². The average Bonchev–Trinajstić information content (AvgIpc) is 2.40. The second-order valence-electron chi connectivity index (χ2n) is 4.18. The SMILES string of the molecule is Cc1ccc(O)c(CNC(=O)c2ccccc2)c1. The molecule has 0 saturated carbocycles. The van der Waals surface area contributed by atoms with Crippen molar-refractivity contribution in [2.24, 2.45) is 0 Å². The van der Waals surface area contributed by atoms with E-state index in [1.54, 1.807) is 18.2 Å². The van der Waals surface area contributed by atoms with Crippen molar-refractivity contribution >= 4 is 5.91 Å². The van der Waals surface area contributed by atoms with Crippen molar-refractivity contribution in [3.8, 4) is 5.75 Å². The second-order valence-corrected chi connectivity index (χ2v) is 4.18. The van der Waals surface area contributed by atoms with Crippen LogP contribution in [0.4, 0.5) is 0 Å². The Morgan fingerprint density at radius 2 is 1.89 bits per heavy atom. The van der Waals surface area contributed by atoms with Crippen LogP contribution >= 0.6 is 0 Å². The van der Waals surface area contributed by atoms with Crippen molar-refractivity contribution in [2.75, 3.05) is 0 Å². The van der Waals surface area contributed by atoms with E-state index in [-0.39, 0.29) is 11.7 Å². The van der Waals surface area contributed by atoms with E-state index in [0.29, 0.717) is 12.1 Å². The summed E-state index contributed by atoms with van der Waals surface area (Å²) in [6, 6.07) is 14.3. The van der Waals surface area contributed by atoms with Gasteiger partial charge < -0.3 is 10.4 Å². The standard InChI is InChI=1S/C15H15NO2/c1-11-7-8-14(17)13(9-11)10-16-15(18)12-5-3-2-4-6-12/h2-9,17H,10H2,1H3,(H,16,18). The Bertz CT molecular complexity index is 550. The highest BCUT2D eigenvalue weighted by Crippen LogP contribution is 2.17. The Labute approximate surface area is 106 Å². The van der Waals surface area contributed by atoms with E-state index in [9.17, 15) is 9.90 Å². The molecule has 0 saturated heterocycles. The minimum atomic E-state index is -0.142. The van der Waals surface area contributed by atoms with Crippen molar-refractivity contribution in [1.82, 2.24) is 5.32 Å². The van der Waals surface area contributed by atoms with Gasteiger partial charge in [-0.1, -0.05) is 35.9 Å². The quantitative estimate of drug-likeness (QED) is 0.867. The van der Waals surface area contributed by atoms with Crippen molar-refractivity contribution in [2.45, 2.75) is 13.5 Å². The number of aromatic hydroxyl groups is 1. The van der Waals surface area contributed by atoms with Crippen molar-refractivity contribution in [3.05, 3.63) is 65.2 Å². The topological polar surface area (TPSA) is 49.3 Å². The summed E-state index contributed by atoms with van der Waals surface area (Å²) < 4.78 is 0. The molecule has 18 heavy (non-hydrogen) atoms. The summed E-state index contributed by atoms with van der Waals surface area (Å²) in [6.07, 6.45) is 0. The molecule has 0 radical (unpaired) electrons. The maximum atomic E-state index is 11.8. The first-order chi connectivity index (χ1) is 8.66. The van der Waals surface area contributed by atoms with Crippen molar-refractivity contribution in [1.29, 1.82) is 0 Å². The van der Waals surface area contributed by atoms with Gasteiger partial charge in [0.15, 0.2) is 0 Å². The molecule has 3 nitrogen and oxygen atoms in total. The number of phenolic OH excluding ortho intramolecular Hbond substituents is 1. The molecule has 3 heteroatoms. The number of hydrogen-bond donors (Lipinski definition) is 2. The van der Waals surface area contributed by atoms with E-state index in [1.165, 1.54) is 0 Å². The van der Waals surface area contributed by atoms with Crippen LogP contribution in [0.3, 0.4) is 0 Å². The number of carbonyl (C=O) groups excluding carboxylic acids is 1. The summed E-state index contributed by atoms with van der Waals surface area (Å²) in [6.45, 7) is 2.27. The minimum Gasteiger partial charge on any atom is -0.508 e. The van der Waals surface area contributed by atoms with Gasteiger partial charge in [-0.25, -0.2) is 0 Å². The summed E-state index contributed by atoms with van der Waals surface area (Å²) in [5.41, 5.74) is 2.39. The Morgan fingerprint density at radius 1 is 1.17 bits per heavy atom. The third-order valence-electron chi connectivity index (χ3n) is 2.71. The van der Waals surface area contributed by atoms with Crippen LogP contribution in [0.2, 0.25) is 0 Å². The molecule has 2 N–H and O–H groups in total. The molecule has 0 bridgehead atoms. The van der Waals surface area contributed by atoms with Gasteiger partial charge >= 0.3 is 0 Å². The van der Waals surface area contributed by atoms with E-state index in [4.69, 9.17) is 0 Å². The van der Waals surface area contributed by atoms with Crippen molar-refractivity contribution in [3.63, 3.8) is 0 Å². The van der Waals surface area contributed by atoms with Crippen LogP contribution in [0.1, 0.15) is 21.5 Å². The third-order valence-corrected chi connectivity index (χ3v) is 2.71. The lowest BCUT2D eigenvalue weighted by Gasteiger charge is -2.08. The Kier molecular flexibility index (Phi) is 3.63. The zero-order valence-electron chi connectivity index (χ0n) is 10.2. The number of nitrogens with one attached hydrogen (secondary N) is 1. The number of benzene rings is 2. The molecule has 2 aromatic carbocycles. The third kappa shape index (κ3) is 2.88. The molecule has 0 spiro atoms. The highest BCUT2D eigenvalue weighted by atomic mass is 16.3. The fraction of sp³-hybridized carbons (Fsp3) is 0.133. The maximum absolute atomic E-state index is 11.8. The second kappa shape index (κ2) is 5.36. The molecular weight excluding hydrogens is 226 g/mol. The normalized spacial score (nSPS) is 10.1. The number of carbonyl (C=O) groups is 1. The van der Waals surface area contributed by atoms with E-state index in [2.05, 4.69) is 5.32 Å². The molecular formula is C15H15NO2. The van der Waals surface area contributed by atoms with Gasteiger partial charge in [0.2, 0.25) is 0 Å². The van der Waals surface area contributed by atoms with Gasteiger partial charge in [0.25, 0.3) is 5.91 Å². The van der Waals surface area contributed by atoms with Gasteiger partial charge in [0, 0.05) is 17.7 Å². The Hall–Kier alpha value is -2.29. The predicted octanol–water partition coefficient (Wildman–Crippen LogP) is 2.63. The Morgan fingerprint density at radius 3 is 2.61 bits per heavy atom. The molecule has 0 fully saturated rings. The molecule has 2 rings (SSSR count). The number of phenols is 1.